The van der Waals surface area contributed by atoms with Crippen molar-refractivity contribution in [2.75, 3.05) is 13.2 Å². The number of allylic oxidation sites excluding steroid dienone is 18. The van der Waals surface area contributed by atoms with E-state index in [2.05, 4.69) is 72.9 Å². The zero-order chi connectivity index (χ0) is 19.3. The fraction of sp³-hybridized carbons (Fsp3) is 0.231. The molecule has 2 heteroatoms. The molecule has 4 rings (SSSR count). The monoisotopic (exact) mass is 370 g/mol. The van der Waals surface area contributed by atoms with E-state index < -0.39 is 0 Å². The molecular weight excluding hydrogens is 344 g/mol. The molecule has 0 unspecified atom stereocenters. The fourth-order valence-corrected chi connectivity index (χ4v) is 3.93. The van der Waals surface area contributed by atoms with Gasteiger partial charge in [-0.05, 0) is 59.4 Å². The summed E-state index contributed by atoms with van der Waals surface area (Å²) in [6.07, 6.45) is 27.7. The van der Waals surface area contributed by atoms with Crippen LogP contribution in [0, 0.1) is 0 Å². The lowest BCUT2D eigenvalue weighted by atomic mass is 9.87. The second-order valence-electron chi connectivity index (χ2n) is 6.98. The van der Waals surface area contributed by atoms with E-state index in [0.29, 0.717) is 13.2 Å². The molecule has 142 valence electrons. The molecular formula is C26H26O2. The van der Waals surface area contributed by atoms with Gasteiger partial charge in [0.1, 0.15) is 11.5 Å². The molecule has 0 saturated carbocycles. The molecule has 0 aromatic carbocycles. The Labute approximate surface area is 167 Å². The van der Waals surface area contributed by atoms with Gasteiger partial charge in [0.25, 0.3) is 0 Å². The first-order valence-corrected chi connectivity index (χ1v) is 10.0. The van der Waals surface area contributed by atoms with Crippen LogP contribution in [0.3, 0.4) is 0 Å². The Hall–Kier alpha value is -3.00. The highest BCUT2D eigenvalue weighted by molar-refractivity contribution is 5.65. The van der Waals surface area contributed by atoms with Crippen LogP contribution in [0.5, 0.6) is 0 Å². The third-order valence-corrected chi connectivity index (χ3v) is 5.19. The van der Waals surface area contributed by atoms with Crippen LogP contribution in [0.15, 0.2) is 118 Å². The lowest BCUT2D eigenvalue weighted by Gasteiger charge is -2.17. The summed E-state index contributed by atoms with van der Waals surface area (Å²) < 4.78 is 11.7. The molecule has 0 aliphatic heterocycles. The van der Waals surface area contributed by atoms with Crippen LogP contribution in [-0.4, -0.2) is 13.2 Å². The van der Waals surface area contributed by atoms with E-state index in [1.54, 1.807) is 0 Å². The average Bonchev–Trinajstić information content (AvgIpc) is 3.18. The highest BCUT2D eigenvalue weighted by Crippen LogP contribution is 2.39. The minimum absolute atomic E-state index is 0.680. The first-order chi connectivity index (χ1) is 13.8. The molecule has 0 amide bonds. The molecule has 0 spiro atoms. The third-order valence-electron chi connectivity index (χ3n) is 5.19. The van der Waals surface area contributed by atoms with Crippen molar-refractivity contribution in [3.05, 3.63) is 118 Å². The first-order valence-electron chi connectivity index (χ1n) is 10.0. The second kappa shape index (κ2) is 8.35. The van der Waals surface area contributed by atoms with Crippen molar-refractivity contribution in [2.45, 2.75) is 26.7 Å². The van der Waals surface area contributed by atoms with Crippen LogP contribution in [0.4, 0.5) is 0 Å². The van der Waals surface area contributed by atoms with Gasteiger partial charge in [0.05, 0.1) is 13.2 Å². The average molecular weight is 370 g/mol. The summed E-state index contributed by atoms with van der Waals surface area (Å²) in [6, 6.07) is 0. The normalized spacial score (nSPS) is 20.5. The number of ether oxygens (including phenoxy) is 2. The predicted molar refractivity (Wildman–Crippen MR) is 115 cm³/mol. The van der Waals surface area contributed by atoms with Crippen molar-refractivity contribution in [3.8, 4) is 0 Å². The van der Waals surface area contributed by atoms with Gasteiger partial charge in [-0.3, -0.25) is 0 Å². The van der Waals surface area contributed by atoms with Crippen molar-refractivity contribution >= 4 is 0 Å². The summed E-state index contributed by atoms with van der Waals surface area (Å²) in [5.41, 5.74) is 7.64. The zero-order valence-electron chi connectivity index (χ0n) is 16.6. The molecule has 2 nitrogen and oxygen atoms in total. The molecule has 4 aliphatic carbocycles. The van der Waals surface area contributed by atoms with Gasteiger partial charge < -0.3 is 9.47 Å². The largest absolute Gasteiger partial charge is 0.494 e. The van der Waals surface area contributed by atoms with Crippen molar-refractivity contribution in [1.82, 2.24) is 0 Å². The summed E-state index contributed by atoms with van der Waals surface area (Å²) in [6.45, 7) is 5.42. The smallest absolute Gasteiger partial charge is 0.122 e. The molecule has 0 fully saturated rings. The van der Waals surface area contributed by atoms with Crippen LogP contribution in [0.1, 0.15) is 26.7 Å². The quantitative estimate of drug-likeness (QED) is 0.563. The van der Waals surface area contributed by atoms with Gasteiger partial charge in [-0.25, -0.2) is 0 Å². The van der Waals surface area contributed by atoms with E-state index in [1.807, 2.05) is 13.8 Å². The summed E-state index contributed by atoms with van der Waals surface area (Å²) in [4.78, 5) is 0. The lowest BCUT2D eigenvalue weighted by Crippen LogP contribution is -2.00. The minimum atomic E-state index is 0.680. The Morgan fingerprint density at radius 1 is 0.607 bits per heavy atom. The van der Waals surface area contributed by atoms with E-state index in [4.69, 9.17) is 9.47 Å². The van der Waals surface area contributed by atoms with Crippen molar-refractivity contribution in [1.29, 1.82) is 0 Å². The van der Waals surface area contributed by atoms with E-state index in [1.165, 1.54) is 33.4 Å². The molecule has 0 saturated heterocycles. The molecule has 0 atom stereocenters. The third kappa shape index (κ3) is 3.68. The minimum Gasteiger partial charge on any atom is -0.494 e. The van der Waals surface area contributed by atoms with Crippen LogP contribution in [0.25, 0.3) is 0 Å². The summed E-state index contributed by atoms with van der Waals surface area (Å²) >= 11 is 0. The molecule has 0 radical (unpaired) electrons. The summed E-state index contributed by atoms with van der Waals surface area (Å²) in [5, 5.41) is 0. The lowest BCUT2D eigenvalue weighted by molar-refractivity contribution is 0.239. The number of hydrogen-bond acceptors (Lipinski definition) is 2. The fourth-order valence-electron chi connectivity index (χ4n) is 3.93. The van der Waals surface area contributed by atoms with E-state index in [9.17, 15) is 0 Å². The Morgan fingerprint density at radius 3 is 1.46 bits per heavy atom. The number of fused-ring (bicyclic) bond motifs is 4. The van der Waals surface area contributed by atoms with Gasteiger partial charge in [-0.15, -0.1) is 0 Å². The van der Waals surface area contributed by atoms with E-state index in [0.717, 1.165) is 24.4 Å². The predicted octanol–water partition coefficient (Wildman–Crippen LogP) is 6.33. The number of hydrogen-bond donors (Lipinski definition) is 0. The SMILES string of the molecule is CCOC1=C2C=CC=C(C3=CC=CC4=C(OCC)C=CC=C3C4)C(=CC=C1)C2. The molecule has 0 heterocycles. The van der Waals surface area contributed by atoms with Crippen molar-refractivity contribution in [2.24, 2.45) is 0 Å². The molecule has 0 aromatic heterocycles. The molecule has 4 aliphatic rings. The van der Waals surface area contributed by atoms with Crippen LogP contribution in [0.2, 0.25) is 0 Å². The van der Waals surface area contributed by atoms with Crippen LogP contribution < -0.4 is 0 Å². The molecule has 28 heavy (non-hydrogen) atoms. The Balaban J connectivity index is 1.70. The maximum Gasteiger partial charge on any atom is 0.122 e. The van der Waals surface area contributed by atoms with Gasteiger partial charge in [0.15, 0.2) is 0 Å². The van der Waals surface area contributed by atoms with Gasteiger partial charge >= 0.3 is 0 Å². The maximum absolute atomic E-state index is 5.84. The van der Waals surface area contributed by atoms with Crippen molar-refractivity contribution < 1.29 is 9.47 Å². The molecule has 0 N–H and O–H groups in total. The highest BCUT2D eigenvalue weighted by Gasteiger charge is 2.21. The van der Waals surface area contributed by atoms with Gasteiger partial charge in [0.2, 0.25) is 0 Å². The topological polar surface area (TPSA) is 18.5 Å². The Morgan fingerprint density at radius 2 is 1.04 bits per heavy atom. The standard InChI is InChI=1S/C26H26O2/c1-3-27-25-15-7-9-19-17-21(25)11-5-13-23(19)24-14-6-12-22-18-20(24)10-8-16-26(22)28-4-2/h5-16H,3-4,17-18H2,1-2H3. The van der Waals surface area contributed by atoms with Gasteiger partial charge in [0, 0.05) is 12.8 Å². The highest BCUT2D eigenvalue weighted by atomic mass is 16.5. The summed E-state index contributed by atoms with van der Waals surface area (Å²) in [5.74, 6) is 1.94. The van der Waals surface area contributed by atoms with Gasteiger partial charge in [-0.2, -0.15) is 0 Å². The van der Waals surface area contributed by atoms with Crippen LogP contribution >= 0.6 is 0 Å². The maximum atomic E-state index is 5.84. The van der Waals surface area contributed by atoms with Crippen molar-refractivity contribution in [3.63, 3.8) is 0 Å². The summed E-state index contributed by atoms with van der Waals surface area (Å²) in [7, 11) is 0. The van der Waals surface area contributed by atoms with E-state index >= 15 is 0 Å². The Kier molecular flexibility index (Phi) is 5.48. The molecule has 4 bridgehead atoms. The van der Waals surface area contributed by atoms with Crippen LogP contribution in [-0.2, 0) is 9.47 Å². The second-order valence-corrected chi connectivity index (χ2v) is 6.98. The van der Waals surface area contributed by atoms with E-state index in [-0.39, 0.29) is 0 Å². The number of rotatable bonds is 5. The first kappa shape index (κ1) is 18.4. The zero-order valence-corrected chi connectivity index (χ0v) is 16.6. The molecule has 0 aromatic rings. The van der Waals surface area contributed by atoms with Gasteiger partial charge in [-0.1, -0.05) is 60.8 Å². The Bertz CT molecular complexity index is 886.